The highest BCUT2D eigenvalue weighted by molar-refractivity contribution is 6.30. The number of rotatable bonds is 6. The van der Waals surface area contributed by atoms with Crippen molar-refractivity contribution in [2.24, 2.45) is 5.92 Å². The van der Waals surface area contributed by atoms with Crippen LogP contribution in [0.15, 0.2) is 40.8 Å². The number of hydrogen-bond acceptors (Lipinski definition) is 3. The molecular formula is C18H19ClO3. The molecule has 1 atom stereocenters. The maximum atomic E-state index is 9.00. The molecule has 0 spiro atoms. The van der Waals surface area contributed by atoms with Crippen molar-refractivity contribution in [3.05, 3.63) is 52.9 Å². The van der Waals surface area contributed by atoms with E-state index in [1.54, 1.807) is 24.3 Å². The summed E-state index contributed by atoms with van der Waals surface area (Å²) in [5.74, 6) is 8.39. The van der Waals surface area contributed by atoms with Crippen molar-refractivity contribution < 1.29 is 14.3 Å². The Morgan fingerprint density at radius 3 is 2.73 bits per heavy atom. The average Bonchev–Trinajstić information content (AvgIpc) is 2.99. The van der Waals surface area contributed by atoms with Crippen LogP contribution < -0.4 is 4.74 Å². The molecule has 1 heterocycles. The van der Waals surface area contributed by atoms with E-state index in [0.717, 1.165) is 24.4 Å². The lowest BCUT2D eigenvalue weighted by Gasteiger charge is -2.04. The Morgan fingerprint density at radius 1 is 1.23 bits per heavy atom. The van der Waals surface area contributed by atoms with E-state index in [1.165, 1.54) is 0 Å². The van der Waals surface area contributed by atoms with Gasteiger partial charge in [-0.25, -0.2) is 0 Å². The summed E-state index contributed by atoms with van der Waals surface area (Å²) >= 11 is 5.80. The largest absolute Gasteiger partial charge is 0.481 e. The van der Waals surface area contributed by atoms with Gasteiger partial charge in [-0.05, 0) is 54.7 Å². The summed E-state index contributed by atoms with van der Waals surface area (Å²) in [4.78, 5) is 0. The van der Waals surface area contributed by atoms with Crippen LogP contribution in [0.3, 0.4) is 0 Å². The number of benzene rings is 1. The fraction of sp³-hybridized carbons (Fsp3) is 0.333. The third kappa shape index (κ3) is 5.48. The lowest BCUT2D eigenvalue weighted by atomic mass is 10.1. The van der Waals surface area contributed by atoms with Crippen molar-refractivity contribution in [1.29, 1.82) is 0 Å². The van der Waals surface area contributed by atoms with Crippen molar-refractivity contribution in [3.8, 4) is 17.6 Å². The Morgan fingerprint density at radius 2 is 2.00 bits per heavy atom. The second-order valence-corrected chi connectivity index (χ2v) is 5.57. The van der Waals surface area contributed by atoms with E-state index in [2.05, 4.69) is 11.8 Å². The third-order valence-corrected chi connectivity index (χ3v) is 3.45. The van der Waals surface area contributed by atoms with E-state index >= 15 is 0 Å². The number of ether oxygens (including phenoxy) is 1. The highest BCUT2D eigenvalue weighted by Gasteiger charge is 2.04. The number of halogens is 1. The highest BCUT2D eigenvalue weighted by Crippen LogP contribution is 2.15. The molecule has 0 aliphatic heterocycles. The first kappa shape index (κ1) is 16.5. The summed E-state index contributed by atoms with van der Waals surface area (Å²) in [6, 6.07) is 10.9. The molecule has 0 aliphatic rings. The number of hydrogen-bond donors (Lipinski definition) is 1. The van der Waals surface area contributed by atoms with E-state index in [1.807, 2.05) is 19.1 Å². The molecule has 0 fully saturated rings. The predicted molar refractivity (Wildman–Crippen MR) is 87.1 cm³/mol. The Hall–Kier alpha value is -1.89. The molecule has 1 unspecified atom stereocenters. The summed E-state index contributed by atoms with van der Waals surface area (Å²) in [6.45, 7) is 2.51. The van der Waals surface area contributed by atoms with Crippen LogP contribution in [0.2, 0.25) is 5.02 Å². The van der Waals surface area contributed by atoms with Gasteiger partial charge in [0.2, 0.25) is 0 Å². The number of aliphatic hydroxyl groups excluding tert-OH is 1. The SMILES string of the molecule is CC(CO)CCc1ccc(C#CCOc2ccc(Cl)cc2)o1. The van der Waals surface area contributed by atoms with Gasteiger partial charge in [-0.2, -0.15) is 0 Å². The van der Waals surface area contributed by atoms with Crippen LogP contribution in [-0.2, 0) is 6.42 Å². The van der Waals surface area contributed by atoms with Crippen LogP contribution in [0.4, 0.5) is 0 Å². The molecule has 1 N–H and O–H groups in total. The van der Waals surface area contributed by atoms with Gasteiger partial charge in [-0.15, -0.1) is 0 Å². The molecule has 3 nitrogen and oxygen atoms in total. The molecule has 1 aromatic heterocycles. The maximum Gasteiger partial charge on any atom is 0.177 e. The number of aliphatic hydroxyl groups is 1. The van der Waals surface area contributed by atoms with Gasteiger partial charge in [0.1, 0.15) is 18.1 Å². The molecule has 0 radical (unpaired) electrons. The van der Waals surface area contributed by atoms with Crippen molar-refractivity contribution >= 4 is 11.6 Å². The van der Waals surface area contributed by atoms with Crippen molar-refractivity contribution in [3.63, 3.8) is 0 Å². The first-order valence-electron chi connectivity index (χ1n) is 7.24. The molecule has 4 heteroatoms. The van der Waals surface area contributed by atoms with E-state index in [9.17, 15) is 0 Å². The zero-order valence-corrected chi connectivity index (χ0v) is 13.3. The summed E-state index contributed by atoms with van der Waals surface area (Å²) in [6.07, 6.45) is 1.71. The third-order valence-electron chi connectivity index (χ3n) is 3.19. The molecule has 0 saturated heterocycles. The molecule has 116 valence electrons. The summed E-state index contributed by atoms with van der Waals surface area (Å²) in [5.41, 5.74) is 0. The topological polar surface area (TPSA) is 42.6 Å². The zero-order chi connectivity index (χ0) is 15.8. The smallest absolute Gasteiger partial charge is 0.177 e. The highest BCUT2D eigenvalue weighted by atomic mass is 35.5. The van der Waals surface area contributed by atoms with Crippen LogP contribution in [-0.4, -0.2) is 18.3 Å². The average molecular weight is 319 g/mol. The van der Waals surface area contributed by atoms with Gasteiger partial charge in [0.25, 0.3) is 0 Å². The van der Waals surface area contributed by atoms with Gasteiger partial charge in [0, 0.05) is 18.1 Å². The van der Waals surface area contributed by atoms with Gasteiger partial charge in [0.05, 0.1) is 0 Å². The monoisotopic (exact) mass is 318 g/mol. The van der Waals surface area contributed by atoms with Gasteiger partial charge < -0.3 is 14.3 Å². The summed E-state index contributed by atoms with van der Waals surface area (Å²) in [5, 5.41) is 9.67. The van der Waals surface area contributed by atoms with Crippen molar-refractivity contribution in [2.75, 3.05) is 13.2 Å². The van der Waals surface area contributed by atoms with Crippen molar-refractivity contribution in [1.82, 2.24) is 0 Å². The second kappa shape index (κ2) is 8.53. The van der Waals surface area contributed by atoms with Gasteiger partial charge >= 0.3 is 0 Å². The van der Waals surface area contributed by atoms with Crippen LogP contribution >= 0.6 is 11.6 Å². The molecule has 0 bridgehead atoms. The molecule has 22 heavy (non-hydrogen) atoms. The second-order valence-electron chi connectivity index (χ2n) is 5.14. The van der Waals surface area contributed by atoms with Gasteiger partial charge in [0.15, 0.2) is 5.76 Å². The predicted octanol–water partition coefficient (Wildman–Crippen LogP) is 3.92. The summed E-state index contributed by atoms with van der Waals surface area (Å²) in [7, 11) is 0. The normalized spacial score (nSPS) is 11.6. The standard InChI is InChI=1S/C18H19ClO3/c1-14(13-20)4-7-18-11-10-17(22-18)3-2-12-21-16-8-5-15(19)6-9-16/h5-6,8-11,14,20H,4,7,12-13H2,1H3. The minimum absolute atomic E-state index is 0.204. The first-order valence-corrected chi connectivity index (χ1v) is 7.62. The first-order chi connectivity index (χ1) is 10.7. The van der Waals surface area contributed by atoms with Gasteiger partial charge in [-0.1, -0.05) is 24.4 Å². The molecular weight excluding hydrogens is 300 g/mol. The van der Waals surface area contributed by atoms with Crippen LogP contribution in [0.25, 0.3) is 0 Å². The molecule has 0 saturated carbocycles. The van der Waals surface area contributed by atoms with E-state index < -0.39 is 0 Å². The minimum atomic E-state index is 0.204. The van der Waals surface area contributed by atoms with Crippen molar-refractivity contribution in [2.45, 2.75) is 19.8 Å². The quantitative estimate of drug-likeness (QED) is 0.821. The lowest BCUT2D eigenvalue weighted by molar-refractivity contribution is 0.228. The molecule has 1 aromatic carbocycles. The Balaban J connectivity index is 1.79. The fourth-order valence-electron chi connectivity index (χ4n) is 1.83. The minimum Gasteiger partial charge on any atom is -0.481 e. The Labute approximate surface area is 135 Å². The van der Waals surface area contributed by atoms with E-state index in [0.29, 0.717) is 17.4 Å². The Kier molecular flexibility index (Phi) is 6.39. The fourth-order valence-corrected chi connectivity index (χ4v) is 1.96. The van der Waals surface area contributed by atoms with E-state index in [-0.39, 0.29) is 12.5 Å². The number of furan rings is 1. The lowest BCUT2D eigenvalue weighted by Crippen LogP contribution is -2.01. The van der Waals surface area contributed by atoms with E-state index in [4.69, 9.17) is 25.9 Å². The molecule has 2 aromatic rings. The zero-order valence-electron chi connectivity index (χ0n) is 12.5. The number of aryl methyl sites for hydroxylation is 1. The Bertz CT molecular complexity index is 634. The van der Waals surface area contributed by atoms with Gasteiger partial charge in [-0.3, -0.25) is 0 Å². The van der Waals surface area contributed by atoms with Crippen LogP contribution in [0.1, 0.15) is 24.9 Å². The molecule has 0 amide bonds. The molecule has 0 aliphatic carbocycles. The van der Waals surface area contributed by atoms with Crippen LogP contribution in [0, 0.1) is 17.8 Å². The maximum absolute atomic E-state index is 9.00. The molecule has 2 rings (SSSR count). The van der Waals surface area contributed by atoms with Crippen LogP contribution in [0.5, 0.6) is 5.75 Å². The summed E-state index contributed by atoms with van der Waals surface area (Å²) < 4.78 is 11.1.